The lowest BCUT2D eigenvalue weighted by Crippen LogP contribution is -2.10. The minimum Gasteiger partial charge on any atom is -0.325 e. The van der Waals surface area contributed by atoms with E-state index in [1.165, 1.54) is 12.2 Å². The standard InChI is InChI=1S/C10H10F2N2O2/c1-6(13)2-3-7-4-8(11)9(12)5-10(7)14(15)16/h2-6H,13H2,1H3/b3-2+. The fourth-order valence-electron chi connectivity index (χ4n) is 1.10. The van der Waals surface area contributed by atoms with Gasteiger partial charge in [-0.2, -0.15) is 0 Å². The van der Waals surface area contributed by atoms with E-state index in [1.807, 2.05) is 0 Å². The third-order valence-corrected chi connectivity index (χ3v) is 1.85. The molecule has 4 nitrogen and oxygen atoms in total. The van der Waals surface area contributed by atoms with Gasteiger partial charge in [-0.25, -0.2) is 8.78 Å². The minimum atomic E-state index is -1.25. The molecule has 0 aliphatic rings. The van der Waals surface area contributed by atoms with E-state index in [0.29, 0.717) is 6.07 Å². The number of nitro benzene ring substituents is 1. The first-order valence-corrected chi connectivity index (χ1v) is 4.49. The number of benzene rings is 1. The van der Waals surface area contributed by atoms with Crippen LogP contribution in [-0.4, -0.2) is 11.0 Å². The van der Waals surface area contributed by atoms with Crippen LogP contribution < -0.4 is 5.73 Å². The van der Waals surface area contributed by atoms with Crippen LogP contribution in [0.1, 0.15) is 12.5 Å². The average Bonchev–Trinajstić information content (AvgIpc) is 2.18. The van der Waals surface area contributed by atoms with Gasteiger partial charge in [0.1, 0.15) is 0 Å². The van der Waals surface area contributed by atoms with Gasteiger partial charge in [-0.3, -0.25) is 10.1 Å². The summed E-state index contributed by atoms with van der Waals surface area (Å²) in [5, 5.41) is 10.6. The Kier molecular flexibility index (Phi) is 3.68. The molecular weight excluding hydrogens is 218 g/mol. The highest BCUT2D eigenvalue weighted by molar-refractivity contribution is 5.61. The Balaban J connectivity index is 3.25. The molecule has 6 heteroatoms. The average molecular weight is 228 g/mol. The van der Waals surface area contributed by atoms with Crippen molar-refractivity contribution in [2.24, 2.45) is 5.73 Å². The van der Waals surface area contributed by atoms with Crippen molar-refractivity contribution < 1.29 is 13.7 Å². The summed E-state index contributed by atoms with van der Waals surface area (Å²) >= 11 is 0. The first-order chi connectivity index (χ1) is 7.41. The molecule has 0 aliphatic carbocycles. The van der Waals surface area contributed by atoms with E-state index >= 15 is 0 Å². The molecule has 1 aromatic rings. The molecule has 1 aromatic carbocycles. The highest BCUT2D eigenvalue weighted by atomic mass is 19.2. The van der Waals surface area contributed by atoms with Gasteiger partial charge in [-0.05, 0) is 13.0 Å². The Morgan fingerprint density at radius 2 is 2.00 bits per heavy atom. The third kappa shape index (κ3) is 2.83. The maximum absolute atomic E-state index is 12.9. The number of nitro groups is 1. The summed E-state index contributed by atoms with van der Waals surface area (Å²) in [6.45, 7) is 1.65. The van der Waals surface area contributed by atoms with Crippen molar-refractivity contribution in [2.45, 2.75) is 13.0 Å². The van der Waals surface area contributed by atoms with Crippen LogP contribution in [0.15, 0.2) is 18.2 Å². The van der Waals surface area contributed by atoms with Gasteiger partial charge in [0, 0.05) is 6.04 Å². The van der Waals surface area contributed by atoms with E-state index in [4.69, 9.17) is 5.73 Å². The molecule has 0 radical (unpaired) electrons. The van der Waals surface area contributed by atoms with Crippen molar-refractivity contribution >= 4 is 11.8 Å². The second kappa shape index (κ2) is 4.80. The van der Waals surface area contributed by atoms with Crippen LogP contribution in [0.4, 0.5) is 14.5 Å². The highest BCUT2D eigenvalue weighted by Gasteiger charge is 2.16. The molecule has 0 heterocycles. The first kappa shape index (κ1) is 12.3. The highest BCUT2D eigenvalue weighted by Crippen LogP contribution is 2.23. The largest absolute Gasteiger partial charge is 0.325 e. The minimum absolute atomic E-state index is 0.0128. The topological polar surface area (TPSA) is 69.2 Å². The maximum atomic E-state index is 12.9. The predicted molar refractivity (Wildman–Crippen MR) is 55.7 cm³/mol. The molecule has 1 unspecified atom stereocenters. The SMILES string of the molecule is CC(N)/C=C/c1cc(F)c(F)cc1[N+](=O)[O-]. The number of rotatable bonds is 3. The van der Waals surface area contributed by atoms with Crippen molar-refractivity contribution in [1.29, 1.82) is 0 Å². The third-order valence-electron chi connectivity index (χ3n) is 1.85. The Labute approximate surface area is 90.5 Å². The van der Waals surface area contributed by atoms with Gasteiger partial charge in [-0.15, -0.1) is 0 Å². The quantitative estimate of drug-likeness (QED) is 0.637. The van der Waals surface area contributed by atoms with E-state index < -0.39 is 22.2 Å². The molecule has 0 amide bonds. The monoisotopic (exact) mass is 228 g/mol. The fourth-order valence-corrected chi connectivity index (χ4v) is 1.10. The lowest BCUT2D eigenvalue weighted by Gasteiger charge is -2.00. The first-order valence-electron chi connectivity index (χ1n) is 4.49. The maximum Gasteiger partial charge on any atom is 0.279 e. The molecule has 0 aromatic heterocycles. The van der Waals surface area contributed by atoms with Crippen molar-refractivity contribution in [3.63, 3.8) is 0 Å². The zero-order chi connectivity index (χ0) is 12.3. The fraction of sp³-hybridized carbons (Fsp3) is 0.200. The van der Waals surface area contributed by atoms with Gasteiger partial charge in [0.2, 0.25) is 0 Å². The Bertz CT molecular complexity index is 445. The molecule has 0 aliphatic heterocycles. The van der Waals surface area contributed by atoms with Crippen molar-refractivity contribution in [3.05, 3.63) is 45.5 Å². The Morgan fingerprint density at radius 3 is 2.50 bits per heavy atom. The Morgan fingerprint density at radius 1 is 1.44 bits per heavy atom. The summed E-state index contributed by atoms with van der Waals surface area (Å²) in [7, 11) is 0. The van der Waals surface area contributed by atoms with Crippen molar-refractivity contribution in [3.8, 4) is 0 Å². The molecule has 86 valence electrons. The molecular formula is C10H10F2N2O2. The normalized spacial score (nSPS) is 13.0. The number of hydrogen-bond acceptors (Lipinski definition) is 3. The van der Waals surface area contributed by atoms with Gasteiger partial charge < -0.3 is 5.73 Å². The van der Waals surface area contributed by atoms with E-state index in [0.717, 1.165) is 6.07 Å². The molecule has 0 saturated carbocycles. The lowest BCUT2D eigenvalue weighted by atomic mass is 10.1. The van der Waals surface area contributed by atoms with Gasteiger partial charge in [0.05, 0.1) is 16.6 Å². The molecule has 1 atom stereocenters. The number of nitrogens with zero attached hydrogens (tertiary/aromatic N) is 1. The number of halogens is 2. The zero-order valence-corrected chi connectivity index (χ0v) is 8.48. The van der Waals surface area contributed by atoms with Crippen LogP contribution in [0.25, 0.3) is 6.08 Å². The molecule has 1 rings (SSSR count). The van der Waals surface area contributed by atoms with Gasteiger partial charge in [-0.1, -0.05) is 12.2 Å². The van der Waals surface area contributed by atoms with Crippen LogP contribution in [0.3, 0.4) is 0 Å². The predicted octanol–water partition coefficient (Wildman–Crippen LogP) is 2.23. The van der Waals surface area contributed by atoms with Crippen LogP contribution in [0.2, 0.25) is 0 Å². The molecule has 16 heavy (non-hydrogen) atoms. The number of nitrogens with two attached hydrogens (primary N) is 1. The van der Waals surface area contributed by atoms with E-state index in [9.17, 15) is 18.9 Å². The lowest BCUT2D eigenvalue weighted by molar-refractivity contribution is -0.385. The van der Waals surface area contributed by atoms with E-state index in [2.05, 4.69) is 0 Å². The second-order valence-electron chi connectivity index (χ2n) is 3.30. The van der Waals surface area contributed by atoms with Gasteiger partial charge >= 0.3 is 0 Å². The Hall–Kier alpha value is -1.82. The van der Waals surface area contributed by atoms with Crippen molar-refractivity contribution in [2.75, 3.05) is 0 Å². The van der Waals surface area contributed by atoms with Crippen LogP contribution in [0.5, 0.6) is 0 Å². The van der Waals surface area contributed by atoms with Crippen LogP contribution in [0, 0.1) is 21.7 Å². The molecule has 0 saturated heterocycles. The summed E-state index contributed by atoms with van der Waals surface area (Å²) in [4.78, 5) is 9.81. The van der Waals surface area contributed by atoms with Gasteiger partial charge in [0.15, 0.2) is 11.6 Å². The summed E-state index contributed by atoms with van der Waals surface area (Å²) in [5.41, 5.74) is 4.91. The van der Waals surface area contributed by atoms with E-state index in [1.54, 1.807) is 6.92 Å². The molecule has 2 N–H and O–H groups in total. The second-order valence-corrected chi connectivity index (χ2v) is 3.30. The summed E-state index contributed by atoms with van der Waals surface area (Å²) in [6.07, 6.45) is 2.75. The zero-order valence-electron chi connectivity index (χ0n) is 8.48. The summed E-state index contributed by atoms with van der Waals surface area (Å²) in [5.74, 6) is -2.38. The van der Waals surface area contributed by atoms with Gasteiger partial charge in [0.25, 0.3) is 5.69 Å². The number of hydrogen-bond donors (Lipinski definition) is 1. The molecule has 0 spiro atoms. The van der Waals surface area contributed by atoms with Crippen LogP contribution in [-0.2, 0) is 0 Å². The van der Waals surface area contributed by atoms with Crippen LogP contribution >= 0.6 is 0 Å². The van der Waals surface area contributed by atoms with E-state index in [-0.39, 0.29) is 11.6 Å². The smallest absolute Gasteiger partial charge is 0.279 e. The van der Waals surface area contributed by atoms with Crippen molar-refractivity contribution in [1.82, 2.24) is 0 Å². The molecule has 0 bridgehead atoms. The summed E-state index contributed by atoms with van der Waals surface area (Å²) < 4.78 is 25.7. The molecule has 0 fully saturated rings. The summed E-state index contributed by atoms with van der Waals surface area (Å²) in [6, 6.07) is 0.996.